The van der Waals surface area contributed by atoms with Crippen LogP contribution in [0.1, 0.15) is 19.3 Å². The molecule has 17 heavy (non-hydrogen) atoms. The van der Waals surface area contributed by atoms with Crippen molar-refractivity contribution in [3.8, 4) is 0 Å². The Balaban J connectivity index is 4.32. The number of aldehydes is 1. The summed E-state index contributed by atoms with van der Waals surface area (Å²) >= 11 is 0. The van der Waals surface area contributed by atoms with Gasteiger partial charge in [-0.25, -0.2) is 0 Å². The maximum Gasteiger partial charge on any atom is 0.306 e. The van der Waals surface area contributed by atoms with Crippen molar-refractivity contribution in [3.05, 3.63) is 0 Å². The summed E-state index contributed by atoms with van der Waals surface area (Å²) in [7, 11) is 5.59. The zero-order valence-electron chi connectivity index (χ0n) is 10.5. The molecule has 6 nitrogen and oxygen atoms in total. The van der Waals surface area contributed by atoms with Crippen LogP contribution in [0.5, 0.6) is 0 Å². The molecule has 98 valence electrons. The van der Waals surface area contributed by atoms with E-state index in [0.29, 0.717) is 17.3 Å². The Bertz CT molecular complexity index is 282. The van der Waals surface area contributed by atoms with Gasteiger partial charge in [-0.3, -0.25) is 4.79 Å². The first-order chi connectivity index (χ1) is 7.74. The van der Waals surface area contributed by atoms with E-state index in [1.54, 1.807) is 0 Å². The van der Waals surface area contributed by atoms with Crippen LogP contribution in [0, 0.1) is 0 Å². The van der Waals surface area contributed by atoms with Gasteiger partial charge in [0.2, 0.25) is 0 Å². The van der Waals surface area contributed by atoms with E-state index in [-0.39, 0.29) is 19.3 Å². The summed E-state index contributed by atoms with van der Waals surface area (Å²) in [5.74, 6) is -1.82. The SMILES string of the molecule is C[N+](C)(C)CC(CC(=O)[O-])OC(=O)CCC=O. The number of hydrogen-bond acceptors (Lipinski definition) is 5. The standard InChI is InChI=1S/C11H19NO5/c1-12(2,3)8-9(7-10(14)15)17-11(16)5-4-6-13/h6,9H,4-5,7-8H2,1-3H3. The molecule has 0 fully saturated rings. The smallest absolute Gasteiger partial charge is 0.306 e. The Morgan fingerprint density at radius 1 is 1.35 bits per heavy atom. The summed E-state index contributed by atoms with van der Waals surface area (Å²) in [6.45, 7) is 0.376. The summed E-state index contributed by atoms with van der Waals surface area (Å²) in [4.78, 5) is 31.9. The molecule has 0 saturated carbocycles. The Labute approximate surface area is 101 Å². The van der Waals surface area contributed by atoms with Gasteiger partial charge in [-0.15, -0.1) is 0 Å². The van der Waals surface area contributed by atoms with Crippen LogP contribution in [0.3, 0.4) is 0 Å². The fourth-order valence-electron chi connectivity index (χ4n) is 1.36. The lowest BCUT2D eigenvalue weighted by atomic mass is 10.2. The number of ether oxygens (including phenoxy) is 1. The van der Waals surface area contributed by atoms with Crippen LogP contribution in [0.2, 0.25) is 0 Å². The van der Waals surface area contributed by atoms with Crippen molar-refractivity contribution < 1.29 is 28.7 Å². The minimum absolute atomic E-state index is 0.0236. The van der Waals surface area contributed by atoms with Gasteiger partial charge in [-0.05, 0) is 0 Å². The highest BCUT2D eigenvalue weighted by Crippen LogP contribution is 2.06. The molecule has 1 atom stereocenters. The van der Waals surface area contributed by atoms with Crippen molar-refractivity contribution in [3.63, 3.8) is 0 Å². The number of carboxylic acids is 1. The van der Waals surface area contributed by atoms with Gasteiger partial charge in [-0.2, -0.15) is 0 Å². The molecule has 0 spiro atoms. The van der Waals surface area contributed by atoms with Crippen LogP contribution in [-0.2, 0) is 19.1 Å². The predicted molar refractivity (Wildman–Crippen MR) is 57.7 cm³/mol. The Hall–Kier alpha value is -1.43. The van der Waals surface area contributed by atoms with Crippen molar-refractivity contribution in [2.24, 2.45) is 0 Å². The molecule has 0 aromatic rings. The monoisotopic (exact) mass is 245 g/mol. The largest absolute Gasteiger partial charge is 0.550 e. The molecule has 0 aliphatic heterocycles. The topological polar surface area (TPSA) is 83.5 Å². The molecule has 0 rings (SSSR count). The van der Waals surface area contributed by atoms with Crippen molar-refractivity contribution >= 4 is 18.2 Å². The summed E-state index contributed by atoms with van der Waals surface area (Å²) in [5.41, 5.74) is 0. The average molecular weight is 245 g/mol. The van der Waals surface area contributed by atoms with Crippen LogP contribution in [0.25, 0.3) is 0 Å². The molecule has 0 N–H and O–H groups in total. The van der Waals surface area contributed by atoms with Crippen LogP contribution in [0.4, 0.5) is 0 Å². The minimum Gasteiger partial charge on any atom is -0.550 e. The van der Waals surface area contributed by atoms with Crippen LogP contribution in [-0.4, -0.2) is 56.5 Å². The molecule has 1 unspecified atom stereocenters. The van der Waals surface area contributed by atoms with Gasteiger partial charge in [0.05, 0.1) is 27.6 Å². The zero-order chi connectivity index (χ0) is 13.5. The fourth-order valence-corrected chi connectivity index (χ4v) is 1.36. The highest BCUT2D eigenvalue weighted by Gasteiger charge is 2.22. The van der Waals surface area contributed by atoms with E-state index in [1.807, 2.05) is 21.1 Å². The third-order valence-electron chi connectivity index (χ3n) is 1.91. The maximum atomic E-state index is 11.3. The van der Waals surface area contributed by atoms with E-state index < -0.39 is 18.0 Å². The quantitative estimate of drug-likeness (QED) is 0.302. The van der Waals surface area contributed by atoms with Crippen molar-refractivity contribution in [1.29, 1.82) is 0 Å². The molecule has 0 aliphatic rings. The van der Waals surface area contributed by atoms with Crippen LogP contribution < -0.4 is 5.11 Å². The van der Waals surface area contributed by atoms with Gasteiger partial charge in [0.25, 0.3) is 0 Å². The minimum atomic E-state index is -1.26. The van der Waals surface area contributed by atoms with Crippen molar-refractivity contribution in [2.75, 3.05) is 27.7 Å². The highest BCUT2D eigenvalue weighted by molar-refractivity contribution is 5.73. The number of hydrogen-bond donors (Lipinski definition) is 0. The maximum absolute atomic E-state index is 11.3. The number of rotatable bonds is 8. The van der Waals surface area contributed by atoms with Gasteiger partial charge in [0.15, 0.2) is 6.10 Å². The molecule has 0 bridgehead atoms. The van der Waals surface area contributed by atoms with Crippen molar-refractivity contribution in [1.82, 2.24) is 0 Å². The molecule has 0 aromatic carbocycles. The molecule has 0 aliphatic carbocycles. The normalized spacial score (nSPS) is 12.9. The number of carboxylic acid groups (broad SMARTS) is 1. The molecule has 0 amide bonds. The van der Waals surface area contributed by atoms with E-state index in [1.165, 1.54) is 0 Å². The summed E-state index contributed by atoms with van der Waals surface area (Å²) in [5, 5.41) is 10.5. The lowest BCUT2D eigenvalue weighted by Crippen LogP contribution is -2.45. The van der Waals surface area contributed by atoms with E-state index >= 15 is 0 Å². The van der Waals surface area contributed by atoms with E-state index in [9.17, 15) is 19.5 Å². The molecular formula is C11H19NO5. The number of carbonyl (C=O) groups excluding carboxylic acids is 3. The van der Waals surface area contributed by atoms with E-state index in [4.69, 9.17) is 4.74 Å². The van der Waals surface area contributed by atoms with Crippen LogP contribution >= 0.6 is 0 Å². The first-order valence-electron chi connectivity index (χ1n) is 5.38. The van der Waals surface area contributed by atoms with Crippen molar-refractivity contribution in [2.45, 2.75) is 25.4 Å². The fraction of sp³-hybridized carbons (Fsp3) is 0.727. The average Bonchev–Trinajstić information content (AvgIpc) is 2.10. The summed E-state index contributed by atoms with van der Waals surface area (Å²) in [6, 6.07) is 0. The Morgan fingerprint density at radius 3 is 2.35 bits per heavy atom. The number of nitrogens with zero attached hydrogens (tertiary/aromatic N) is 1. The molecule has 0 saturated heterocycles. The lowest BCUT2D eigenvalue weighted by Gasteiger charge is -2.29. The Morgan fingerprint density at radius 2 is 1.94 bits per heavy atom. The van der Waals surface area contributed by atoms with Crippen LogP contribution in [0.15, 0.2) is 0 Å². The van der Waals surface area contributed by atoms with Gasteiger partial charge in [-0.1, -0.05) is 0 Å². The highest BCUT2D eigenvalue weighted by atomic mass is 16.5. The first kappa shape index (κ1) is 15.6. The molecule has 0 heterocycles. The number of likely N-dealkylation sites (N-methyl/N-ethyl adjacent to an activating group) is 1. The molecular weight excluding hydrogens is 226 g/mol. The summed E-state index contributed by atoms with van der Waals surface area (Å²) < 4.78 is 5.48. The number of aliphatic carboxylic acids is 1. The third kappa shape index (κ3) is 9.50. The molecule has 0 radical (unpaired) electrons. The predicted octanol–water partition coefficient (Wildman–Crippen LogP) is -1.28. The Kier molecular flexibility index (Phi) is 6.42. The van der Waals surface area contributed by atoms with Gasteiger partial charge >= 0.3 is 5.97 Å². The van der Waals surface area contributed by atoms with E-state index in [0.717, 1.165) is 0 Å². The lowest BCUT2D eigenvalue weighted by molar-refractivity contribution is -0.873. The second-order valence-corrected chi connectivity index (χ2v) is 4.87. The number of quaternary nitrogens is 1. The molecule has 0 aromatic heterocycles. The van der Waals surface area contributed by atoms with Gasteiger partial charge < -0.3 is 23.9 Å². The van der Waals surface area contributed by atoms with E-state index in [2.05, 4.69) is 0 Å². The summed E-state index contributed by atoms with van der Waals surface area (Å²) in [6.07, 6.45) is -0.373. The molecule has 6 heteroatoms. The van der Waals surface area contributed by atoms with Gasteiger partial charge in [0.1, 0.15) is 12.8 Å². The van der Waals surface area contributed by atoms with Gasteiger partial charge in [0, 0.05) is 18.8 Å². The first-order valence-corrected chi connectivity index (χ1v) is 5.38. The zero-order valence-corrected chi connectivity index (χ0v) is 10.5. The third-order valence-corrected chi connectivity index (χ3v) is 1.91. The second kappa shape index (κ2) is 7.01. The number of carbonyl (C=O) groups is 3. The second-order valence-electron chi connectivity index (χ2n) is 4.87. The number of esters is 1.